The molecular formula is C13H10F3N5O. The first-order valence-electron chi connectivity index (χ1n) is 6.20. The Morgan fingerprint density at radius 1 is 1.14 bits per heavy atom. The molecule has 0 aliphatic carbocycles. The summed E-state index contributed by atoms with van der Waals surface area (Å²) in [6.45, 7) is 1.56. The number of nitrogens with zero attached hydrogens (tertiary/aromatic N) is 4. The quantitative estimate of drug-likeness (QED) is 0.787. The van der Waals surface area contributed by atoms with E-state index in [4.69, 9.17) is 4.74 Å². The van der Waals surface area contributed by atoms with E-state index in [2.05, 4.69) is 25.4 Å². The van der Waals surface area contributed by atoms with Crippen LogP contribution in [-0.4, -0.2) is 32.5 Å². The minimum absolute atomic E-state index is 0.0736. The Kier molecular flexibility index (Phi) is 3.19. The van der Waals surface area contributed by atoms with Crippen LogP contribution < -0.4 is 4.74 Å². The molecule has 9 heteroatoms. The van der Waals surface area contributed by atoms with E-state index in [1.54, 1.807) is 6.92 Å². The van der Waals surface area contributed by atoms with Gasteiger partial charge in [0.05, 0.1) is 24.6 Å². The molecule has 3 aromatic rings. The van der Waals surface area contributed by atoms with Crippen LogP contribution in [0.3, 0.4) is 0 Å². The standard InChI is InChI=1S/C13H10F3N5O/c1-6-3-7(13(14,15)16)4-9(22-2)10(6)8-5-17-11-12(18-8)20-21-19-11/h3-5H,1-2H3,(H,17,18,19,20,21). The van der Waals surface area contributed by atoms with E-state index in [9.17, 15) is 13.2 Å². The highest BCUT2D eigenvalue weighted by atomic mass is 19.4. The Bertz CT molecular complexity index is 843. The molecule has 22 heavy (non-hydrogen) atoms. The SMILES string of the molecule is COc1cc(C(F)(F)F)cc(C)c1-c1cnc2n[nH]nc2n1. The van der Waals surface area contributed by atoms with Crippen molar-refractivity contribution in [3.8, 4) is 17.0 Å². The zero-order valence-corrected chi connectivity index (χ0v) is 11.6. The van der Waals surface area contributed by atoms with Crippen molar-refractivity contribution in [1.29, 1.82) is 0 Å². The molecular weight excluding hydrogens is 299 g/mol. The van der Waals surface area contributed by atoms with Crippen molar-refractivity contribution in [3.63, 3.8) is 0 Å². The molecule has 0 aliphatic rings. The van der Waals surface area contributed by atoms with Crippen LogP contribution in [-0.2, 0) is 6.18 Å². The highest BCUT2D eigenvalue weighted by Gasteiger charge is 2.32. The number of ether oxygens (including phenoxy) is 1. The Hall–Kier alpha value is -2.71. The van der Waals surface area contributed by atoms with Crippen molar-refractivity contribution in [1.82, 2.24) is 25.4 Å². The minimum atomic E-state index is -4.45. The highest BCUT2D eigenvalue weighted by Crippen LogP contribution is 2.38. The summed E-state index contributed by atoms with van der Waals surface area (Å²) in [5.74, 6) is 0.0736. The smallest absolute Gasteiger partial charge is 0.416 e. The number of aromatic nitrogens is 5. The molecule has 0 radical (unpaired) electrons. The van der Waals surface area contributed by atoms with Crippen LogP contribution in [0.2, 0.25) is 0 Å². The number of fused-ring (bicyclic) bond motifs is 1. The largest absolute Gasteiger partial charge is 0.496 e. The maximum Gasteiger partial charge on any atom is 0.416 e. The first-order valence-corrected chi connectivity index (χ1v) is 6.20. The maximum atomic E-state index is 12.9. The molecule has 6 nitrogen and oxygen atoms in total. The van der Waals surface area contributed by atoms with Gasteiger partial charge in [0.15, 0.2) is 0 Å². The molecule has 0 spiro atoms. The van der Waals surface area contributed by atoms with Gasteiger partial charge in [0.2, 0.25) is 11.3 Å². The Balaban J connectivity index is 2.21. The Morgan fingerprint density at radius 3 is 2.55 bits per heavy atom. The van der Waals surface area contributed by atoms with Gasteiger partial charge >= 0.3 is 6.18 Å². The number of methoxy groups -OCH3 is 1. The average molecular weight is 309 g/mol. The number of hydrogen-bond acceptors (Lipinski definition) is 5. The van der Waals surface area contributed by atoms with Crippen molar-refractivity contribution >= 4 is 11.3 Å². The monoisotopic (exact) mass is 309 g/mol. The fraction of sp³-hybridized carbons (Fsp3) is 0.231. The molecule has 1 N–H and O–H groups in total. The second-order valence-electron chi connectivity index (χ2n) is 4.59. The number of nitrogens with one attached hydrogen (secondary N) is 1. The van der Waals surface area contributed by atoms with Crippen LogP contribution >= 0.6 is 0 Å². The number of aryl methyl sites for hydroxylation is 1. The molecule has 2 heterocycles. The number of alkyl halides is 3. The topological polar surface area (TPSA) is 76.6 Å². The number of rotatable bonds is 2. The molecule has 0 unspecified atom stereocenters. The fourth-order valence-electron chi connectivity index (χ4n) is 2.17. The minimum Gasteiger partial charge on any atom is -0.496 e. The summed E-state index contributed by atoms with van der Waals surface area (Å²) < 4.78 is 43.7. The van der Waals surface area contributed by atoms with Gasteiger partial charge in [0.1, 0.15) is 5.75 Å². The summed E-state index contributed by atoms with van der Waals surface area (Å²) in [5, 5.41) is 9.98. The van der Waals surface area contributed by atoms with Crippen molar-refractivity contribution < 1.29 is 17.9 Å². The fourth-order valence-corrected chi connectivity index (χ4v) is 2.17. The molecule has 0 saturated heterocycles. The van der Waals surface area contributed by atoms with Crippen molar-refractivity contribution in [3.05, 3.63) is 29.5 Å². The summed E-state index contributed by atoms with van der Waals surface area (Å²) in [5.41, 5.74) is 1.01. The van der Waals surface area contributed by atoms with Crippen LogP contribution in [0.5, 0.6) is 5.75 Å². The third-order valence-electron chi connectivity index (χ3n) is 3.15. The summed E-state index contributed by atoms with van der Waals surface area (Å²) in [7, 11) is 1.31. The van der Waals surface area contributed by atoms with Crippen LogP contribution in [0.25, 0.3) is 22.6 Å². The molecule has 1 aromatic carbocycles. The van der Waals surface area contributed by atoms with Gasteiger partial charge in [-0.05, 0) is 24.6 Å². The molecule has 114 valence electrons. The molecule has 0 amide bonds. The Morgan fingerprint density at radius 2 is 1.86 bits per heavy atom. The lowest BCUT2D eigenvalue weighted by Crippen LogP contribution is -2.07. The van der Waals surface area contributed by atoms with E-state index < -0.39 is 11.7 Å². The molecule has 2 aromatic heterocycles. The van der Waals surface area contributed by atoms with Gasteiger partial charge < -0.3 is 4.74 Å². The van der Waals surface area contributed by atoms with Gasteiger partial charge in [-0.15, -0.1) is 10.2 Å². The average Bonchev–Trinajstić information content (AvgIpc) is 2.92. The first kappa shape index (κ1) is 14.2. The Labute approximate surface area is 122 Å². The third-order valence-corrected chi connectivity index (χ3v) is 3.15. The summed E-state index contributed by atoms with van der Waals surface area (Å²) >= 11 is 0. The summed E-state index contributed by atoms with van der Waals surface area (Å²) in [4.78, 5) is 8.30. The van der Waals surface area contributed by atoms with Crippen LogP contribution in [0, 0.1) is 6.92 Å². The molecule has 0 bridgehead atoms. The van der Waals surface area contributed by atoms with Gasteiger partial charge in [0, 0.05) is 5.56 Å². The predicted octanol–water partition coefficient (Wildman–Crippen LogP) is 2.75. The molecule has 0 aliphatic heterocycles. The molecule has 0 atom stereocenters. The van der Waals surface area contributed by atoms with Crippen molar-refractivity contribution in [2.75, 3.05) is 7.11 Å². The molecule has 0 saturated carbocycles. The highest BCUT2D eigenvalue weighted by molar-refractivity contribution is 5.75. The maximum absolute atomic E-state index is 12.9. The van der Waals surface area contributed by atoms with Gasteiger partial charge in [0.25, 0.3) is 0 Å². The number of H-pyrrole nitrogens is 1. The second-order valence-corrected chi connectivity index (χ2v) is 4.59. The normalized spacial score (nSPS) is 11.9. The molecule has 0 fully saturated rings. The number of halogens is 3. The first-order chi connectivity index (χ1) is 10.4. The van der Waals surface area contributed by atoms with Crippen LogP contribution in [0.4, 0.5) is 13.2 Å². The summed E-state index contributed by atoms with van der Waals surface area (Å²) in [6, 6.07) is 1.99. The van der Waals surface area contributed by atoms with Gasteiger partial charge in [-0.1, -0.05) is 0 Å². The molecule has 3 rings (SSSR count). The van der Waals surface area contributed by atoms with Gasteiger partial charge in [-0.25, -0.2) is 9.97 Å². The van der Waals surface area contributed by atoms with E-state index >= 15 is 0 Å². The zero-order valence-electron chi connectivity index (χ0n) is 11.6. The lowest BCUT2D eigenvalue weighted by atomic mass is 10.0. The zero-order chi connectivity index (χ0) is 15.9. The number of hydrogen-bond donors (Lipinski definition) is 1. The predicted molar refractivity (Wildman–Crippen MR) is 71.2 cm³/mol. The van der Waals surface area contributed by atoms with Crippen LogP contribution in [0.1, 0.15) is 11.1 Å². The van der Waals surface area contributed by atoms with Gasteiger partial charge in [-0.3, -0.25) is 0 Å². The summed E-state index contributed by atoms with van der Waals surface area (Å²) in [6.07, 6.45) is -3.03. The number of benzene rings is 1. The van der Waals surface area contributed by atoms with Gasteiger partial charge in [-0.2, -0.15) is 18.4 Å². The van der Waals surface area contributed by atoms with Crippen molar-refractivity contribution in [2.24, 2.45) is 0 Å². The van der Waals surface area contributed by atoms with E-state index in [-0.39, 0.29) is 11.4 Å². The van der Waals surface area contributed by atoms with Crippen LogP contribution in [0.15, 0.2) is 18.3 Å². The van der Waals surface area contributed by atoms with Crippen molar-refractivity contribution in [2.45, 2.75) is 13.1 Å². The van der Waals surface area contributed by atoms with E-state index in [1.807, 2.05) is 0 Å². The number of aromatic amines is 1. The third kappa shape index (κ3) is 2.34. The van der Waals surface area contributed by atoms with E-state index in [0.29, 0.717) is 22.5 Å². The lowest BCUT2D eigenvalue weighted by Gasteiger charge is -2.15. The lowest BCUT2D eigenvalue weighted by molar-refractivity contribution is -0.137. The van der Waals surface area contributed by atoms with E-state index in [0.717, 1.165) is 12.1 Å². The van der Waals surface area contributed by atoms with E-state index in [1.165, 1.54) is 13.3 Å². The second kappa shape index (κ2) is 4.93.